The van der Waals surface area contributed by atoms with Crippen LogP contribution in [0.25, 0.3) is 0 Å². The average Bonchev–Trinajstić information content (AvgIpc) is 2.88. The number of anilines is 1. The van der Waals surface area contributed by atoms with Gasteiger partial charge >= 0.3 is 0 Å². The SMILES string of the molecule is O=C(CCCc1cccs1)Nc1cccc(Cl)c1F. The lowest BCUT2D eigenvalue weighted by Crippen LogP contribution is -2.12. The molecule has 2 aromatic rings. The van der Waals surface area contributed by atoms with Gasteiger partial charge in [-0.1, -0.05) is 23.7 Å². The number of hydrogen-bond donors (Lipinski definition) is 1. The van der Waals surface area contributed by atoms with Gasteiger partial charge in [0.05, 0.1) is 10.7 Å². The number of halogens is 2. The summed E-state index contributed by atoms with van der Waals surface area (Å²) in [5, 5.41) is 4.56. The molecule has 0 saturated heterocycles. The summed E-state index contributed by atoms with van der Waals surface area (Å²) in [6.07, 6.45) is 1.97. The molecule has 5 heteroatoms. The molecule has 1 aromatic carbocycles. The minimum absolute atomic E-state index is 0.0105. The van der Waals surface area contributed by atoms with Crippen LogP contribution in [0.2, 0.25) is 5.02 Å². The van der Waals surface area contributed by atoms with E-state index in [1.54, 1.807) is 17.4 Å². The summed E-state index contributed by atoms with van der Waals surface area (Å²) in [5.74, 6) is -0.784. The van der Waals surface area contributed by atoms with Crippen LogP contribution >= 0.6 is 22.9 Å². The molecule has 0 aliphatic rings. The quantitative estimate of drug-likeness (QED) is 0.865. The number of carbonyl (C=O) groups excluding carboxylic acids is 1. The Morgan fingerprint density at radius 1 is 1.32 bits per heavy atom. The molecule has 0 unspecified atom stereocenters. The number of amides is 1. The van der Waals surface area contributed by atoms with Crippen LogP contribution in [0.5, 0.6) is 0 Å². The molecule has 1 aromatic heterocycles. The predicted octanol–water partition coefficient (Wildman–Crippen LogP) is 4.50. The summed E-state index contributed by atoms with van der Waals surface area (Å²) in [7, 11) is 0. The number of aryl methyl sites for hydroxylation is 1. The molecule has 0 bridgehead atoms. The summed E-state index contributed by atoms with van der Waals surface area (Å²) in [4.78, 5) is 12.9. The van der Waals surface area contributed by atoms with Crippen molar-refractivity contribution in [1.82, 2.24) is 0 Å². The summed E-state index contributed by atoms with van der Waals surface area (Å²) in [5.41, 5.74) is 0.133. The highest BCUT2D eigenvalue weighted by molar-refractivity contribution is 7.09. The van der Waals surface area contributed by atoms with Gasteiger partial charge in [-0.25, -0.2) is 4.39 Å². The van der Waals surface area contributed by atoms with Crippen LogP contribution in [0.15, 0.2) is 35.7 Å². The first kappa shape index (κ1) is 14.0. The number of nitrogens with one attached hydrogen (secondary N) is 1. The molecule has 0 aliphatic carbocycles. The lowest BCUT2D eigenvalue weighted by atomic mass is 10.2. The topological polar surface area (TPSA) is 29.1 Å². The molecule has 2 nitrogen and oxygen atoms in total. The van der Waals surface area contributed by atoms with Crippen molar-refractivity contribution in [2.45, 2.75) is 19.3 Å². The van der Waals surface area contributed by atoms with Crippen molar-refractivity contribution in [3.63, 3.8) is 0 Å². The molecule has 0 aliphatic heterocycles. The van der Waals surface area contributed by atoms with Crippen LogP contribution in [-0.2, 0) is 11.2 Å². The van der Waals surface area contributed by atoms with Crippen molar-refractivity contribution in [2.24, 2.45) is 0 Å². The summed E-state index contributed by atoms with van der Waals surface area (Å²) >= 11 is 7.32. The van der Waals surface area contributed by atoms with Gasteiger partial charge in [0.1, 0.15) is 0 Å². The number of hydrogen-bond acceptors (Lipinski definition) is 2. The number of thiophene rings is 1. The molecule has 1 amide bonds. The third-order valence-corrected chi connectivity index (χ3v) is 3.86. The molecule has 0 atom stereocenters. The van der Waals surface area contributed by atoms with Crippen molar-refractivity contribution < 1.29 is 9.18 Å². The van der Waals surface area contributed by atoms with Gasteiger partial charge in [0.15, 0.2) is 5.82 Å². The highest BCUT2D eigenvalue weighted by Crippen LogP contribution is 2.22. The van der Waals surface area contributed by atoms with E-state index in [9.17, 15) is 9.18 Å². The summed E-state index contributed by atoms with van der Waals surface area (Å²) in [6.45, 7) is 0. The number of carbonyl (C=O) groups is 1. The normalized spacial score (nSPS) is 10.4. The maximum Gasteiger partial charge on any atom is 0.224 e. The fourth-order valence-corrected chi connectivity index (χ4v) is 2.62. The Balaban J connectivity index is 1.82. The second-order valence-electron chi connectivity index (χ2n) is 4.08. The van der Waals surface area contributed by atoms with E-state index in [1.165, 1.54) is 17.0 Å². The Bertz CT molecular complexity index is 557. The third-order valence-electron chi connectivity index (χ3n) is 2.63. The zero-order chi connectivity index (χ0) is 13.7. The van der Waals surface area contributed by atoms with Crippen LogP contribution < -0.4 is 5.32 Å². The van der Waals surface area contributed by atoms with E-state index in [1.807, 2.05) is 17.5 Å². The van der Waals surface area contributed by atoms with Gasteiger partial charge in [0.25, 0.3) is 0 Å². The highest BCUT2D eigenvalue weighted by atomic mass is 35.5. The number of rotatable bonds is 5. The van der Waals surface area contributed by atoms with E-state index in [2.05, 4.69) is 5.32 Å². The Kier molecular flexibility index (Phi) is 4.93. The molecule has 1 heterocycles. The maximum atomic E-state index is 13.6. The zero-order valence-electron chi connectivity index (χ0n) is 10.2. The Labute approximate surface area is 120 Å². The van der Waals surface area contributed by atoms with E-state index in [0.29, 0.717) is 6.42 Å². The standard InChI is InChI=1S/C14H13ClFNOS/c15-11-6-2-7-12(14(11)16)17-13(18)8-1-4-10-5-3-9-19-10/h2-3,5-7,9H,1,4,8H2,(H,17,18). The minimum atomic E-state index is -0.587. The summed E-state index contributed by atoms with van der Waals surface area (Å²) in [6, 6.07) is 8.58. The van der Waals surface area contributed by atoms with Crippen LogP contribution in [-0.4, -0.2) is 5.91 Å². The largest absolute Gasteiger partial charge is 0.324 e. The molecule has 0 spiro atoms. The monoisotopic (exact) mass is 297 g/mol. The average molecular weight is 298 g/mol. The summed E-state index contributed by atoms with van der Waals surface area (Å²) < 4.78 is 13.6. The smallest absolute Gasteiger partial charge is 0.224 e. The first-order valence-electron chi connectivity index (χ1n) is 5.93. The Morgan fingerprint density at radius 3 is 2.89 bits per heavy atom. The van der Waals surface area contributed by atoms with Gasteiger partial charge in [-0.3, -0.25) is 4.79 Å². The maximum absolute atomic E-state index is 13.6. The van der Waals surface area contributed by atoms with E-state index in [-0.39, 0.29) is 16.6 Å². The van der Waals surface area contributed by atoms with Crippen molar-refractivity contribution >= 4 is 34.5 Å². The van der Waals surface area contributed by atoms with Crippen molar-refractivity contribution in [2.75, 3.05) is 5.32 Å². The molecule has 100 valence electrons. The molecule has 0 saturated carbocycles. The van der Waals surface area contributed by atoms with Gasteiger partial charge in [0.2, 0.25) is 5.91 Å². The van der Waals surface area contributed by atoms with Gasteiger partial charge in [0, 0.05) is 11.3 Å². The van der Waals surface area contributed by atoms with Crippen LogP contribution in [0, 0.1) is 5.82 Å². The lowest BCUT2D eigenvalue weighted by molar-refractivity contribution is -0.116. The second kappa shape index (κ2) is 6.68. The van der Waals surface area contributed by atoms with Crippen LogP contribution in [0.4, 0.5) is 10.1 Å². The Hall–Kier alpha value is -1.39. The van der Waals surface area contributed by atoms with Gasteiger partial charge < -0.3 is 5.32 Å². The molecular weight excluding hydrogens is 285 g/mol. The fraction of sp³-hybridized carbons (Fsp3) is 0.214. The lowest BCUT2D eigenvalue weighted by Gasteiger charge is -2.06. The van der Waals surface area contributed by atoms with E-state index in [0.717, 1.165) is 12.8 Å². The third kappa shape index (κ3) is 4.04. The van der Waals surface area contributed by atoms with E-state index in [4.69, 9.17) is 11.6 Å². The first-order valence-corrected chi connectivity index (χ1v) is 7.19. The Morgan fingerprint density at radius 2 is 2.16 bits per heavy atom. The zero-order valence-corrected chi connectivity index (χ0v) is 11.7. The predicted molar refractivity (Wildman–Crippen MR) is 77.3 cm³/mol. The fourth-order valence-electron chi connectivity index (χ4n) is 1.69. The van der Waals surface area contributed by atoms with Crippen LogP contribution in [0.1, 0.15) is 17.7 Å². The van der Waals surface area contributed by atoms with Crippen molar-refractivity contribution in [3.8, 4) is 0 Å². The van der Waals surface area contributed by atoms with Crippen molar-refractivity contribution in [3.05, 3.63) is 51.4 Å². The molecular formula is C14H13ClFNOS. The highest BCUT2D eigenvalue weighted by Gasteiger charge is 2.09. The molecule has 1 N–H and O–H groups in total. The van der Waals surface area contributed by atoms with Crippen LogP contribution in [0.3, 0.4) is 0 Å². The molecule has 0 fully saturated rings. The first-order chi connectivity index (χ1) is 9.16. The molecule has 19 heavy (non-hydrogen) atoms. The van der Waals surface area contributed by atoms with Gasteiger partial charge in [-0.05, 0) is 36.4 Å². The minimum Gasteiger partial charge on any atom is -0.324 e. The van der Waals surface area contributed by atoms with E-state index >= 15 is 0 Å². The number of benzene rings is 1. The molecule has 0 radical (unpaired) electrons. The molecule has 2 rings (SSSR count). The van der Waals surface area contributed by atoms with Gasteiger partial charge in [-0.15, -0.1) is 11.3 Å². The van der Waals surface area contributed by atoms with Crippen molar-refractivity contribution in [1.29, 1.82) is 0 Å². The second-order valence-corrected chi connectivity index (χ2v) is 5.52. The van der Waals surface area contributed by atoms with E-state index < -0.39 is 5.82 Å². The van der Waals surface area contributed by atoms with Gasteiger partial charge in [-0.2, -0.15) is 0 Å².